The zero-order valence-electron chi connectivity index (χ0n) is 24.0. The molecule has 0 aliphatic carbocycles. The molecule has 1 atom stereocenters. The summed E-state index contributed by atoms with van der Waals surface area (Å²) in [6, 6.07) is 16.2. The number of rotatable bonds is 8. The molecule has 1 N–H and O–H groups in total. The molecule has 12 heteroatoms. The van der Waals surface area contributed by atoms with Gasteiger partial charge in [-0.1, -0.05) is 48.3 Å². The molecular formula is C32H28N2O9S. The number of carbonyl (C=O) groups excluding carboxylic acids is 2. The largest absolute Gasteiger partial charge is 0.490 e. The molecule has 0 fully saturated rings. The van der Waals surface area contributed by atoms with E-state index in [9.17, 15) is 14.4 Å². The zero-order valence-corrected chi connectivity index (χ0v) is 24.8. The number of carboxylic acids is 1. The van der Waals surface area contributed by atoms with Crippen molar-refractivity contribution < 1.29 is 38.1 Å². The number of ether oxygens (including phenoxy) is 3. The molecule has 0 amide bonds. The molecule has 5 rings (SSSR count). The quantitative estimate of drug-likeness (QED) is 0.177. The van der Waals surface area contributed by atoms with Crippen LogP contribution in [0.5, 0.6) is 11.5 Å². The van der Waals surface area contributed by atoms with Crippen molar-refractivity contribution in [1.82, 2.24) is 4.57 Å². The molecule has 3 heterocycles. The van der Waals surface area contributed by atoms with Crippen molar-refractivity contribution in [3.05, 3.63) is 127 Å². The number of thiazole rings is 1. The maximum Gasteiger partial charge on any atom is 0.379 e. The summed E-state index contributed by atoms with van der Waals surface area (Å²) in [5.74, 6) is -1.03. The number of aromatic nitrogens is 1. The Bertz CT molecular complexity index is 1880. The Morgan fingerprint density at radius 3 is 2.32 bits per heavy atom. The van der Waals surface area contributed by atoms with Gasteiger partial charge in [-0.05, 0) is 60.5 Å². The number of furan rings is 1. The minimum atomic E-state index is -0.833. The highest BCUT2D eigenvalue weighted by Gasteiger charge is 2.33. The van der Waals surface area contributed by atoms with E-state index >= 15 is 0 Å². The second-order valence-electron chi connectivity index (χ2n) is 9.20. The Kier molecular flexibility index (Phi) is 10.1. The summed E-state index contributed by atoms with van der Waals surface area (Å²) in [5.41, 5.74) is 1.80. The zero-order chi connectivity index (χ0) is 31.8. The molecule has 0 bridgehead atoms. The van der Waals surface area contributed by atoms with Gasteiger partial charge in [0.15, 0.2) is 4.80 Å². The van der Waals surface area contributed by atoms with Gasteiger partial charge in [-0.25, -0.2) is 14.6 Å². The predicted octanol–water partition coefficient (Wildman–Crippen LogP) is 3.88. The number of carbonyl (C=O) groups is 3. The van der Waals surface area contributed by atoms with Crippen LogP contribution in [0, 0.1) is 0 Å². The number of methoxy groups -OCH3 is 1. The lowest BCUT2D eigenvalue weighted by Crippen LogP contribution is -2.39. The van der Waals surface area contributed by atoms with Gasteiger partial charge in [0.05, 0.1) is 35.2 Å². The number of hydrogen-bond acceptors (Lipinski definition) is 10. The van der Waals surface area contributed by atoms with Gasteiger partial charge in [-0.2, -0.15) is 0 Å². The van der Waals surface area contributed by atoms with E-state index in [4.69, 9.17) is 28.5 Å². The molecule has 226 valence electrons. The Labute approximate surface area is 255 Å². The molecule has 1 aliphatic rings. The van der Waals surface area contributed by atoms with Gasteiger partial charge in [-0.15, -0.1) is 0 Å². The number of carboxylic acid groups (broad SMARTS) is 1. The summed E-state index contributed by atoms with van der Waals surface area (Å²) in [7, 11) is 1.28. The minimum absolute atomic E-state index is 0.0710. The maximum absolute atomic E-state index is 13.7. The van der Waals surface area contributed by atoms with Crippen molar-refractivity contribution in [2.24, 2.45) is 4.99 Å². The van der Waals surface area contributed by atoms with Crippen molar-refractivity contribution in [2.45, 2.75) is 19.9 Å². The molecule has 0 spiro atoms. The Hall–Kier alpha value is -5.49. The Morgan fingerprint density at radius 2 is 1.73 bits per heavy atom. The second kappa shape index (κ2) is 14.1. The SMILES string of the molecule is C=CCOc1ccc(/C=c2/sc3n(c2=O)C(c2ccc(OC(=O)c4ccco4)cc2)C(C(=O)OC)=C(C)N=3)cc1.CC(=O)O. The first kappa shape index (κ1) is 31.4. The van der Waals surface area contributed by atoms with Crippen molar-refractivity contribution >= 4 is 35.3 Å². The third kappa shape index (κ3) is 7.28. The molecular weight excluding hydrogens is 588 g/mol. The molecule has 44 heavy (non-hydrogen) atoms. The standard InChI is InChI=1S/C30H24N2O7S.C2H4O2/c1-4-15-37-21-11-7-19(8-12-21)17-24-27(33)32-26(25(29(35)36-3)18(2)31-30(32)40-24)20-9-13-22(14-10-20)39-28(34)23-6-5-16-38-23;1-2(3)4/h4-14,16-17,26H,1,15H2,2-3H3;1H3,(H,3,4)/b24-17+;. The lowest BCUT2D eigenvalue weighted by molar-refractivity contribution is -0.137. The van der Waals surface area contributed by atoms with Crippen LogP contribution in [0.4, 0.5) is 0 Å². The number of esters is 2. The van der Waals surface area contributed by atoms with E-state index in [0.29, 0.717) is 33.0 Å². The highest BCUT2D eigenvalue weighted by Crippen LogP contribution is 2.31. The maximum atomic E-state index is 13.7. The van der Waals surface area contributed by atoms with E-state index in [1.54, 1.807) is 49.4 Å². The Morgan fingerprint density at radius 1 is 1.07 bits per heavy atom. The summed E-state index contributed by atoms with van der Waals surface area (Å²) in [6.07, 6.45) is 4.82. The summed E-state index contributed by atoms with van der Waals surface area (Å²) >= 11 is 1.23. The van der Waals surface area contributed by atoms with Gasteiger partial charge in [0.2, 0.25) is 5.76 Å². The monoisotopic (exact) mass is 616 g/mol. The molecule has 2 aromatic heterocycles. The van der Waals surface area contributed by atoms with Crippen LogP contribution in [0.25, 0.3) is 6.08 Å². The number of hydrogen-bond donors (Lipinski definition) is 1. The van der Waals surface area contributed by atoms with Crippen LogP contribution in [0.3, 0.4) is 0 Å². The number of nitrogens with zero attached hydrogens (tertiary/aromatic N) is 2. The highest BCUT2D eigenvalue weighted by molar-refractivity contribution is 7.07. The van der Waals surface area contributed by atoms with Crippen LogP contribution >= 0.6 is 11.3 Å². The van der Waals surface area contributed by atoms with Crippen molar-refractivity contribution in [3.8, 4) is 11.5 Å². The summed E-state index contributed by atoms with van der Waals surface area (Å²) in [5, 5.41) is 7.42. The topological polar surface area (TPSA) is 147 Å². The first-order valence-electron chi connectivity index (χ1n) is 13.1. The van der Waals surface area contributed by atoms with Crippen molar-refractivity contribution in [3.63, 3.8) is 0 Å². The average Bonchev–Trinajstić information content (AvgIpc) is 3.65. The number of allylic oxidation sites excluding steroid dienone is 1. The van der Waals surface area contributed by atoms with E-state index in [0.717, 1.165) is 12.5 Å². The molecule has 0 saturated carbocycles. The predicted molar refractivity (Wildman–Crippen MR) is 161 cm³/mol. The smallest absolute Gasteiger partial charge is 0.379 e. The number of benzene rings is 2. The van der Waals surface area contributed by atoms with Gasteiger partial charge < -0.3 is 23.7 Å². The lowest BCUT2D eigenvalue weighted by atomic mass is 9.96. The van der Waals surface area contributed by atoms with Gasteiger partial charge in [0.1, 0.15) is 18.1 Å². The van der Waals surface area contributed by atoms with Gasteiger partial charge in [0, 0.05) is 6.92 Å². The van der Waals surface area contributed by atoms with E-state index in [1.807, 2.05) is 24.3 Å². The lowest BCUT2D eigenvalue weighted by Gasteiger charge is -2.24. The summed E-state index contributed by atoms with van der Waals surface area (Å²) in [6.45, 7) is 6.82. The van der Waals surface area contributed by atoms with Crippen LogP contribution in [0.15, 0.2) is 105 Å². The average molecular weight is 617 g/mol. The van der Waals surface area contributed by atoms with Gasteiger partial charge >= 0.3 is 11.9 Å². The third-order valence-electron chi connectivity index (χ3n) is 6.10. The highest BCUT2D eigenvalue weighted by atomic mass is 32.1. The van der Waals surface area contributed by atoms with Crippen LogP contribution in [0.1, 0.15) is 41.6 Å². The third-order valence-corrected chi connectivity index (χ3v) is 7.08. The molecule has 2 aromatic carbocycles. The van der Waals surface area contributed by atoms with E-state index < -0.39 is 23.9 Å². The van der Waals surface area contributed by atoms with Crippen LogP contribution in [-0.4, -0.2) is 41.3 Å². The van der Waals surface area contributed by atoms with Crippen LogP contribution in [0.2, 0.25) is 0 Å². The molecule has 0 saturated heterocycles. The summed E-state index contributed by atoms with van der Waals surface area (Å²) in [4.78, 5) is 52.8. The fourth-order valence-corrected chi connectivity index (χ4v) is 5.29. The minimum Gasteiger partial charge on any atom is -0.490 e. The van der Waals surface area contributed by atoms with Crippen LogP contribution < -0.4 is 24.4 Å². The van der Waals surface area contributed by atoms with Crippen LogP contribution in [-0.2, 0) is 14.3 Å². The van der Waals surface area contributed by atoms with Gasteiger partial charge in [0.25, 0.3) is 11.5 Å². The van der Waals surface area contributed by atoms with Gasteiger partial charge in [-0.3, -0.25) is 14.2 Å². The summed E-state index contributed by atoms with van der Waals surface area (Å²) < 4.78 is 23.0. The van der Waals surface area contributed by atoms with Crippen molar-refractivity contribution in [1.29, 1.82) is 0 Å². The normalized spacial score (nSPS) is 14.0. The molecule has 1 unspecified atom stereocenters. The van der Waals surface area contributed by atoms with E-state index in [2.05, 4.69) is 11.6 Å². The second-order valence-corrected chi connectivity index (χ2v) is 10.2. The van der Waals surface area contributed by atoms with E-state index in [1.165, 1.54) is 35.3 Å². The van der Waals surface area contributed by atoms with Crippen molar-refractivity contribution in [2.75, 3.05) is 13.7 Å². The molecule has 4 aromatic rings. The Balaban J connectivity index is 0.00000104. The molecule has 1 aliphatic heterocycles. The molecule has 0 radical (unpaired) electrons. The fraction of sp³-hybridized carbons (Fsp3) is 0.156. The molecule has 11 nitrogen and oxygen atoms in total. The number of fused-ring (bicyclic) bond motifs is 1. The fourth-order valence-electron chi connectivity index (χ4n) is 4.25. The first-order chi connectivity index (χ1) is 21.1. The first-order valence-corrected chi connectivity index (χ1v) is 13.9. The van der Waals surface area contributed by atoms with E-state index in [-0.39, 0.29) is 22.6 Å². The number of aliphatic carboxylic acids is 1.